The Bertz CT molecular complexity index is 937. The minimum Gasteiger partial charge on any atom is -0.355 e. The second-order valence-electron chi connectivity index (χ2n) is 5.78. The highest BCUT2D eigenvalue weighted by Gasteiger charge is 2.10. The topological polar surface area (TPSA) is 94.1 Å². The zero-order valence-electron chi connectivity index (χ0n) is 13.8. The van der Waals surface area contributed by atoms with Crippen molar-refractivity contribution in [3.63, 3.8) is 0 Å². The Morgan fingerprint density at radius 2 is 1.84 bits per heavy atom. The maximum atomic E-state index is 11.3. The molecule has 2 N–H and O–H groups in total. The molecule has 0 atom stereocenters. The summed E-state index contributed by atoms with van der Waals surface area (Å²) in [5, 5.41) is 9.46. The summed E-state index contributed by atoms with van der Waals surface area (Å²) in [5.41, 5.74) is 2.22. The number of nitrogens with zero attached hydrogens (tertiary/aromatic N) is 4. The standard InChI is InChI=1S/C17H19N5O2S/c1-21(17-8-7-16(10-19-17)25(18,23)24)11-15-9-20-22(13-15)12-14-5-3-2-4-6-14/h2-10,13H,11-12H2,1H3,(H2,18,23,24). The zero-order valence-corrected chi connectivity index (χ0v) is 14.6. The lowest BCUT2D eigenvalue weighted by atomic mass is 10.2. The van der Waals surface area contributed by atoms with Crippen molar-refractivity contribution in [2.75, 3.05) is 11.9 Å². The number of primary sulfonamides is 1. The van der Waals surface area contributed by atoms with E-state index in [2.05, 4.69) is 22.2 Å². The molecule has 0 fully saturated rings. The summed E-state index contributed by atoms with van der Waals surface area (Å²) in [7, 11) is -1.84. The van der Waals surface area contributed by atoms with E-state index in [0.717, 1.165) is 5.56 Å². The van der Waals surface area contributed by atoms with Gasteiger partial charge in [-0.1, -0.05) is 30.3 Å². The third-order valence-corrected chi connectivity index (χ3v) is 4.63. The van der Waals surface area contributed by atoms with Gasteiger partial charge in [0.05, 0.1) is 12.7 Å². The van der Waals surface area contributed by atoms with E-state index in [1.54, 1.807) is 6.07 Å². The van der Waals surface area contributed by atoms with Gasteiger partial charge in [-0.05, 0) is 17.7 Å². The normalized spacial score (nSPS) is 11.4. The number of sulfonamides is 1. The first-order valence-electron chi connectivity index (χ1n) is 7.67. The van der Waals surface area contributed by atoms with Crippen LogP contribution in [0.3, 0.4) is 0 Å². The number of aromatic nitrogens is 3. The Hall–Kier alpha value is -2.71. The Kier molecular flexibility index (Phi) is 4.82. The Morgan fingerprint density at radius 1 is 1.08 bits per heavy atom. The van der Waals surface area contributed by atoms with Crippen LogP contribution in [-0.2, 0) is 23.1 Å². The van der Waals surface area contributed by atoms with E-state index in [0.29, 0.717) is 18.9 Å². The quantitative estimate of drug-likeness (QED) is 0.723. The molecule has 8 heteroatoms. The van der Waals surface area contributed by atoms with Crippen molar-refractivity contribution in [1.82, 2.24) is 14.8 Å². The smallest absolute Gasteiger partial charge is 0.239 e. The monoisotopic (exact) mass is 357 g/mol. The fourth-order valence-corrected chi connectivity index (χ4v) is 2.92. The number of anilines is 1. The molecule has 0 amide bonds. The van der Waals surface area contributed by atoms with Gasteiger partial charge in [0.2, 0.25) is 10.0 Å². The van der Waals surface area contributed by atoms with Crippen LogP contribution in [0, 0.1) is 0 Å². The Balaban J connectivity index is 1.66. The maximum Gasteiger partial charge on any atom is 0.239 e. The van der Waals surface area contributed by atoms with Gasteiger partial charge in [0.1, 0.15) is 10.7 Å². The van der Waals surface area contributed by atoms with E-state index in [1.165, 1.54) is 17.8 Å². The molecule has 0 saturated carbocycles. The molecule has 0 saturated heterocycles. The van der Waals surface area contributed by atoms with Crippen LogP contribution in [0.2, 0.25) is 0 Å². The second-order valence-corrected chi connectivity index (χ2v) is 7.35. The number of hydrogen-bond donors (Lipinski definition) is 1. The Labute approximate surface area is 146 Å². The van der Waals surface area contributed by atoms with E-state index < -0.39 is 10.0 Å². The maximum absolute atomic E-state index is 11.3. The van der Waals surface area contributed by atoms with Gasteiger partial charge in [0.15, 0.2) is 0 Å². The predicted octanol–water partition coefficient (Wildman–Crippen LogP) is 1.61. The molecule has 1 aromatic carbocycles. The molecular formula is C17H19N5O2S. The summed E-state index contributed by atoms with van der Waals surface area (Å²) in [5.74, 6) is 0.656. The van der Waals surface area contributed by atoms with E-state index in [9.17, 15) is 8.42 Å². The van der Waals surface area contributed by atoms with Crippen LogP contribution in [0.15, 0.2) is 66.0 Å². The fraction of sp³-hybridized carbons (Fsp3) is 0.176. The van der Waals surface area contributed by atoms with Crippen molar-refractivity contribution < 1.29 is 8.42 Å². The van der Waals surface area contributed by atoms with Crippen molar-refractivity contribution in [2.45, 2.75) is 18.0 Å². The summed E-state index contributed by atoms with van der Waals surface area (Å²) < 4.78 is 24.4. The van der Waals surface area contributed by atoms with Crippen LogP contribution in [-0.4, -0.2) is 30.2 Å². The zero-order chi connectivity index (χ0) is 17.9. The van der Waals surface area contributed by atoms with Gasteiger partial charge in [-0.3, -0.25) is 4.68 Å². The summed E-state index contributed by atoms with van der Waals surface area (Å²) >= 11 is 0. The van der Waals surface area contributed by atoms with Gasteiger partial charge >= 0.3 is 0 Å². The molecule has 2 heterocycles. The highest BCUT2D eigenvalue weighted by molar-refractivity contribution is 7.89. The molecule has 0 radical (unpaired) electrons. The molecule has 3 aromatic rings. The van der Waals surface area contributed by atoms with Gasteiger partial charge in [-0.25, -0.2) is 18.5 Å². The highest BCUT2D eigenvalue weighted by atomic mass is 32.2. The van der Waals surface area contributed by atoms with Crippen LogP contribution in [0.5, 0.6) is 0 Å². The molecule has 0 aliphatic rings. The van der Waals surface area contributed by atoms with Gasteiger partial charge in [-0.2, -0.15) is 5.10 Å². The van der Waals surface area contributed by atoms with Crippen molar-refractivity contribution in [1.29, 1.82) is 0 Å². The molecule has 0 unspecified atom stereocenters. The van der Waals surface area contributed by atoms with E-state index in [1.807, 2.05) is 47.2 Å². The van der Waals surface area contributed by atoms with Gasteiger partial charge in [-0.15, -0.1) is 0 Å². The average molecular weight is 357 g/mol. The molecule has 3 rings (SSSR count). The lowest BCUT2D eigenvalue weighted by Crippen LogP contribution is -2.18. The van der Waals surface area contributed by atoms with Crippen LogP contribution < -0.4 is 10.0 Å². The third-order valence-electron chi connectivity index (χ3n) is 3.73. The SMILES string of the molecule is CN(Cc1cnn(Cc2ccccc2)c1)c1ccc(S(N)(=O)=O)cn1. The molecule has 0 aliphatic carbocycles. The molecule has 0 bridgehead atoms. The third kappa shape index (κ3) is 4.43. The molecule has 25 heavy (non-hydrogen) atoms. The van der Waals surface area contributed by atoms with Crippen LogP contribution in [0.25, 0.3) is 0 Å². The number of rotatable bonds is 6. The minimum atomic E-state index is -3.72. The first-order valence-corrected chi connectivity index (χ1v) is 9.22. The van der Waals surface area contributed by atoms with Crippen molar-refractivity contribution in [3.05, 3.63) is 72.2 Å². The van der Waals surface area contributed by atoms with Crippen molar-refractivity contribution in [3.8, 4) is 0 Å². The summed E-state index contributed by atoms with van der Waals surface area (Å²) in [6, 6.07) is 13.2. The number of nitrogens with two attached hydrogens (primary N) is 1. The first kappa shape index (κ1) is 17.1. The molecule has 7 nitrogen and oxygen atoms in total. The highest BCUT2D eigenvalue weighted by Crippen LogP contribution is 2.15. The van der Waals surface area contributed by atoms with Crippen molar-refractivity contribution >= 4 is 15.8 Å². The van der Waals surface area contributed by atoms with E-state index >= 15 is 0 Å². The second kappa shape index (κ2) is 7.04. The molecule has 2 aromatic heterocycles. The van der Waals surface area contributed by atoms with Crippen LogP contribution in [0.1, 0.15) is 11.1 Å². The molecule has 0 spiro atoms. The fourth-order valence-electron chi connectivity index (χ4n) is 2.47. The number of benzene rings is 1. The summed E-state index contributed by atoms with van der Waals surface area (Å²) in [6.07, 6.45) is 5.07. The summed E-state index contributed by atoms with van der Waals surface area (Å²) in [4.78, 5) is 6.07. The number of hydrogen-bond acceptors (Lipinski definition) is 5. The molecule has 130 valence electrons. The minimum absolute atomic E-state index is 0.000306. The average Bonchev–Trinajstić information content (AvgIpc) is 3.02. The van der Waals surface area contributed by atoms with Gasteiger partial charge < -0.3 is 4.90 Å². The van der Waals surface area contributed by atoms with Gasteiger partial charge in [0, 0.05) is 31.5 Å². The lowest BCUT2D eigenvalue weighted by molar-refractivity contribution is 0.597. The van der Waals surface area contributed by atoms with E-state index in [4.69, 9.17) is 5.14 Å². The van der Waals surface area contributed by atoms with Crippen LogP contribution in [0.4, 0.5) is 5.82 Å². The van der Waals surface area contributed by atoms with Gasteiger partial charge in [0.25, 0.3) is 0 Å². The molecular weight excluding hydrogens is 338 g/mol. The largest absolute Gasteiger partial charge is 0.355 e. The lowest BCUT2D eigenvalue weighted by Gasteiger charge is -2.17. The summed E-state index contributed by atoms with van der Waals surface area (Å²) in [6.45, 7) is 1.32. The van der Waals surface area contributed by atoms with E-state index in [-0.39, 0.29) is 4.90 Å². The van der Waals surface area contributed by atoms with Crippen molar-refractivity contribution in [2.24, 2.45) is 5.14 Å². The van der Waals surface area contributed by atoms with Crippen LogP contribution >= 0.6 is 0 Å². The Morgan fingerprint density at radius 3 is 2.48 bits per heavy atom. The predicted molar refractivity (Wildman–Crippen MR) is 95.5 cm³/mol. The molecule has 0 aliphatic heterocycles. The first-order chi connectivity index (χ1) is 11.9. The number of pyridine rings is 1.